The van der Waals surface area contributed by atoms with E-state index in [0.29, 0.717) is 11.4 Å². The minimum absolute atomic E-state index is 0.00112. The number of ether oxygens (including phenoxy) is 1. The van der Waals surface area contributed by atoms with Crippen molar-refractivity contribution in [3.63, 3.8) is 0 Å². The van der Waals surface area contributed by atoms with Crippen LogP contribution in [0.3, 0.4) is 0 Å². The monoisotopic (exact) mass is 298 g/mol. The maximum Gasteiger partial charge on any atom is 0.234 e. The normalized spacial score (nSPS) is 10.8. The van der Waals surface area contributed by atoms with Gasteiger partial charge in [-0.1, -0.05) is 28.9 Å². The number of hydrogen-bond donors (Lipinski definition) is 0. The third kappa shape index (κ3) is 3.61. The van der Waals surface area contributed by atoms with Gasteiger partial charge in [-0.15, -0.1) is 0 Å². The lowest BCUT2D eigenvalue weighted by Crippen LogP contribution is -2.09. The van der Waals surface area contributed by atoms with Crippen LogP contribution in [0.15, 0.2) is 22.7 Å². The van der Waals surface area contributed by atoms with Crippen LogP contribution in [0.5, 0.6) is 0 Å². The van der Waals surface area contributed by atoms with Crippen molar-refractivity contribution in [2.24, 2.45) is 0 Å². The number of carbonyl (C=O) groups excluding carboxylic acids is 1. The van der Waals surface area contributed by atoms with E-state index < -0.39 is 5.82 Å². The Hall–Kier alpha value is -1.79. The Kier molecular flexibility index (Phi) is 4.81. The zero-order valence-corrected chi connectivity index (χ0v) is 11.5. The van der Waals surface area contributed by atoms with E-state index in [9.17, 15) is 9.18 Å². The number of halogens is 2. The molecule has 106 valence electrons. The molecule has 5 nitrogen and oxygen atoms in total. The van der Waals surface area contributed by atoms with Gasteiger partial charge < -0.3 is 9.26 Å². The van der Waals surface area contributed by atoms with E-state index in [1.165, 1.54) is 13.2 Å². The van der Waals surface area contributed by atoms with Crippen LogP contribution in [0.2, 0.25) is 5.02 Å². The average Bonchev–Trinajstić information content (AvgIpc) is 2.82. The third-order valence-electron chi connectivity index (χ3n) is 2.54. The molecule has 0 aliphatic heterocycles. The lowest BCUT2D eigenvalue weighted by Gasteiger charge is -2.00. The molecule has 0 N–H and O–H groups in total. The quantitative estimate of drug-likeness (QED) is 0.818. The number of hydrogen-bond acceptors (Lipinski definition) is 5. The third-order valence-corrected chi connectivity index (χ3v) is 2.84. The number of ketones is 1. The second kappa shape index (κ2) is 6.58. The number of rotatable bonds is 6. The Morgan fingerprint density at radius 2 is 2.30 bits per heavy atom. The molecule has 0 saturated carbocycles. The molecular weight excluding hydrogens is 287 g/mol. The predicted molar refractivity (Wildman–Crippen MR) is 69.1 cm³/mol. The molecule has 1 aromatic heterocycles. The van der Waals surface area contributed by atoms with Crippen LogP contribution in [-0.2, 0) is 22.4 Å². The number of methoxy groups -OCH3 is 1. The van der Waals surface area contributed by atoms with Crippen LogP contribution in [0, 0.1) is 5.82 Å². The van der Waals surface area contributed by atoms with Crippen LogP contribution in [0.4, 0.5) is 4.39 Å². The molecule has 0 fully saturated rings. The molecule has 1 heterocycles. The standard InChI is InChI=1S/C13H12ClFN2O3/c1-19-7-9(18)6-12-16-11(17-20-12)5-8-3-2-4-10(14)13(8)15/h2-4H,5-7H2,1H3. The van der Waals surface area contributed by atoms with Crippen molar-refractivity contribution < 1.29 is 18.4 Å². The SMILES string of the molecule is COCC(=O)Cc1nc(Cc2cccc(Cl)c2F)no1. The molecular formula is C13H12ClFN2O3. The minimum Gasteiger partial charge on any atom is -0.377 e. The van der Waals surface area contributed by atoms with Gasteiger partial charge in [0.1, 0.15) is 12.4 Å². The summed E-state index contributed by atoms with van der Waals surface area (Å²) >= 11 is 5.69. The molecule has 0 radical (unpaired) electrons. The van der Waals surface area contributed by atoms with Crippen molar-refractivity contribution in [3.05, 3.63) is 46.3 Å². The number of carbonyl (C=O) groups is 1. The Balaban J connectivity index is 2.06. The Morgan fingerprint density at radius 3 is 3.05 bits per heavy atom. The van der Waals surface area contributed by atoms with E-state index in [4.69, 9.17) is 20.9 Å². The van der Waals surface area contributed by atoms with Gasteiger partial charge in [-0.05, 0) is 11.6 Å². The highest BCUT2D eigenvalue weighted by molar-refractivity contribution is 6.30. The molecule has 2 rings (SSSR count). The molecule has 0 bridgehead atoms. The van der Waals surface area contributed by atoms with E-state index in [1.54, 1.807) is 12.1 Å². The van der Waals surface area contributed by atoms with Gasteiger partial charge in [0.15, 0.2) is 11.6 Å². The molecule has 0 aliphatic carbocycles. The lowest BCUT2D eigenvalue weighted by atomic mass is 10.1. The molecule has 0 atom stereocenters. The number of aromatic nitrogens is 2. The summed E-state index contributed by atoms with van der Waals surface area (Å²) in [6.07, 6.45) is 0.146. The second-order valence-corrected chi connectivity index (χ2v) is 4.55. The summed E-state index contributed by atoms with van der Waals surface area (Å²) < 4.78 is 23.4. The topological polar surface area (TPSA) is 65.2 Å². The van der Waals surface area contributed by atoms with Gasteiger partial charge in [0.05, 0.1) is 11.4 Å². The van der Waals surface area contributed by atoms with Gasteiger partial charge in [-0.25, -0.2) is 4.39 Å². The van der Waals surface area contributed by atoms with Crippen molar-refractivity contribution in [2.75, 3.05) is 13.7 Å². The van der Waals surface area contributed by atoms with Crippen LogP contribution in [0.1, 0.15) is 17.3 Å². The molecule has 0 unspecified atom stereocenters. The molecule has 0 amide bonds. The van der Waals surface area contributed by atoms with E-state index in [2.05, 4.69) is 10.1 Å². The molecule has 0 aliphatic rings. The zero-order chi connectivity index (χ0) is 14.5. The predicted octanol–water partition coefficient (Wildman–Crippen LogP) is 2.21. The molecule has 0 spiro atoms. The molecule has 7 heteroatoms. The average molecular weight is 299 g/mol. The van der Waals surface area contributed by atoms with Crippen molar-refractivity contribution >= 4 is 17.4 Å². The highest BCUT2D eigenvalue weighted by Gasteiger charge is 2.14. The van der Waals surface area contributed by atoms with Crippen LogP contribution >= 0.6 is 11.6 Å². The fourth-order valence-corrected chi connectivity index (χ4v) is 1.86. The first-order valence-electron chi connectivity index (χ1n) is 5.85. The molecule has 2 aromatic rings. The van der Waals surface area contributed by atoms with Crippen LogP contribution in [-0.4, -0.2) is 29.6 Å². The van der Waals surface area contributed by atoms with Crippen molar-refractivity contribution in [3.8, 4) is 0 Å². The Bertz CT molecular complexity index is 615. The fraction of sp³-hybridized carbons (Fsp3) is 0.308. The molecule has 0 saturated heterocycles. The maximum absolute atomic E-state index is 13.7. The zero-order valence-electron chi connectivity index (χ0n) is 10.7. The van der Waals surface area contributed by atoms with Gasteiger partial charge in [0, 0.05) is 13.5 Å². The smallest absolute Gasteiger partial charge is 0.234 e. The van der Waals surface area contributed by atoms with Gasteiger partial charge >= 0.3 is 0 Å². The summed E-state index contributed by atoms with van der Waals surface area (Å²) in [7, 11) is 1.43. The number of Topliss-reactive ketones (excluding diaryl/α,β-unsaturated/α-hetero) is 1. The minimum atomic E-state index is -0.504. The highest BCUT2D eigenvalue weighted by Crippen LogP contribution is 2.19. The van der Waals surface area contributed by atoms with E-state index in [1.807, 2.05) is 0 Å². The summed E-state index contributed by atoms with van der Waals surface area (Å²) in [5.41, 5.74) is 0.369. The van der Waals surface area contributed by atoms with Crippen molar-refractivity contribution in [1.29, 1.82) is 0 Å². The Labute approximate surface area is 119 Å². The van der Waals surface area contributed by atoms with Gasteiger partial charge in [-0.3, -0.25) is 4.79 Å². The highest BCUT2D eigenvalue weighted by atomic mass is 35.5. The van der Waals surface area contributed by atoms with Crippen molar-refractivity contribution in [1.82, 2.24) is 10.1 Å². The fourth-order valence-electron chi connectivity index (χ4n) is 1.67. The Morgan fingerprint density at radius 1 is 1.50 bits per heavy atom. The number of nitrogens with zero attached hydrogens (tertiary/aromatic N) is 2. The maximum atomic E-state index is 13.7. The van der Waals surface area contributed by atoms with Gasteiger partial charge in [0.2, 0.25) is 5.89 Å². The number of benzene rings is 1. The first-order valence-corrected chi connectivity index (χ1v) is 6.23. The molecule has 1 aromatic carbocycles. The second-order valence-electron chi connectivity index (χ2n) is 4.14. The molecule has 20 heavy (non-hydrogen) atoms. The summed E-state index contributed by atoms with van der Waals surface area (Å²) in [6, 6.07) is 4.70. The summed E-state index contributed by atoms with van der Waals surface area (Å²) in [6.45, 7) is -0.0133. The van der Waals surface area contributed by atoms with Crippen LogP contribution < -0.4 is 0 Å². The van der Waals surface area contributed by atoms with Gasteiger partial charge in [-0.2, -0.15) is 4.98 Å². The lowest BCUT2D eigenvalue weighted by molar-refractivity contribution is -0.122. The van der Waals surface area contributed by atoms with E-state index in [0.717, 1.165) is 0 Å². The first-order chi connectivity index (χ1) is 9.60. The summed E-state index contributed by atoms with van der Waals surface area (Å²) in [5, 5.41) is 3.75. The van der Waals surface area contributed by atoms with E-state index in [-0.39, 0.29) is 36.1 Å². The first kappa shape index (κ1) is 14.6. The summed E-state index contributed by atoms with van der Waals surface area (Å²) in [5.74, 6) is -0.191. The van der Waals surface area contributed by atoms with E-state index >= 15 is 0 Å². The van der Waals surface area contributed by atoms with Gasteiger partial charge in [0.25, 0.3) is 0 Å². The van der Waals surface area contributed by atoms with Crippen LogP contribution in [0.25, 0.3) is 0 Å². The van der Waals surface area contributed by atoms with Crippen molar-refractivity contribution in [2.45, 2.75) is 12.8 Å². The summed E-state index contributed by atoms with van der Waals surface area (Å²) in [4.78, 5) is 15.4. The largest absolute Gasteiger partial charge is 0.377 e.